The Morgan fingerprint density at radius 3 is 2.82 bits per heavy atom. The molecule has 0 saturated carbocycles. The van der Waals surface area contributed by atoms with Crippen molar-refractivity contribution in [3.8, 4) is 0 Å². The van der Waals surface area contributed by atoms with Crippen LogP contribution in [0.3, 0.4) is 0 Å². The zero-order valence-corrected chi connectivity index (χ0v) is 6.83. The number of rotatable bonds is 1. The maximum absolute atomic E-state index is 5.81. The van der Waals surface area contributed by atoms with E-state index in [0.717, 1.165) is 26.2 Å². The lowest BCUT2D eigenvalue weighted by Gasteiger charge is -2.21. The van der Waals surface area contributed by atoms with Gasteiger partial charge < -0.3 is 10.5 Å². The minimum Gasteiger partial charge on any atom is -0.380 e. The van der Waals surface area contributed by atoms with Crippen LogP contribution >= 0.6 is 0 Å². The number of likely N-dealkylation sites (tertiary alicyclic amines) is 1. The molecule has 0 aromatic carbocycles. The fourth-order valence-corrected chi connectivity index (χ4v) is 1.96. The molecule has 0 aromatic rings. The number of ether oxygens (including phenoxy) is 1. The first kappa shape index (κ1) is 7.53. The zero-order valence-electron chi connectivity index (χ0n) is 6.83. The molecule has 2 aliphatic rings. The summed E-state index contributed by atoms with van der Waals surface area (Å²) in [5, 5.41) is 0. The number of nitrogens with zero attached hydrogens (tertiary/aromatic N) is 1. The van der Waals surface area contributed by atoms with Crippen molar-refractivity contribution in [2.75, 3.05) is 26.3 Å². The van der Waals surface area contributed by atoms with Gasteiger partial charge in [-0.05, 0) is 12.8 Å². The van der Waals surface area contributed by atoms with E-state index in [0.29, 0.717) is 12.1 Å². The van der Waals surface area contributed by atoms with Gasteiger partial charge in [0.2, 0.25) is 0 Å². The molecule has 0 aromatic heterocycles. The molecule has 0 aliphatic carbocycles. The first-order valence-electron chi connectivity index (χ1n) is 4.43. The van der Waals surface area contributed by atoms with Gasteiger partial charge in [-0.15, -0.1) is 0 Å². The van der Waals surface area contributed by atoms with Crippen LogP contribution in [0.2, 0.25) is 0 Å². The lowest BCUT2D eigenvalue weighted by molar-refractivity contribution is 0.158. The highest BCUT2D eigenvalue weighted by Gasteiger charge is 2.28. The van der Waals surface area contributed by atoms with Crippen molar-refractivity contribution in [2.24, 2.45) is 5.73 Å². The molecule has 3 nitrogen and oxygen atoms in total. The molecular formula is C8H16N2O. The standard InChI is InChI=1S/C8H16N2O/c9-7-1-3-10(5-7)8-2-4-11-6-8/h7-8H,1-6,9H2/t7-,8?/m0/s1. The van der Waals surface area contributed by atoms with E-state index in [9.17, 15) is 0 Å². The Bertz CT molecular complexity index is 134. The van der Waals surface area contributed by atoms with E-state index >= 15 is 0 Å². The summed E-state index contributed by atoms with van der Waals surface area (Å²) in [6.45, 7) is 4.12. The predicted octanol–water partition coefficient (Wildman–Crippen LogP) is -0.192. The third-order valence-corrected chi connectivity index (χ3v) is 2.68. The Balaban J connectivity index is 1.85. The average molecular weight is 156 g/mol. The fraction of sp³-hybridized carbons (Fsp3) is 1.00. The molecule has 0 amide bonds. The quantitative estimate of drug-likeness (QED) is 0.572. The van der Waals surface area contributed by atoms with Gasteiger partial charge in [0, 0.05) is 31.8 Å². The van der Waals surface area contributed by atoms with E-state index in [-0.39, 0.29) is 0 Å². The minimum absolute atomic E-state index is 0.413. The molecule has 64 valence electrons. The molecule has 0 radical (unpaired) electrons. The molecular weight excluding hydrogens is 140 g/mol. The second-order valence-electron chi connectivity index (χ2n) is 3.56. The van der Waals surface area contributed by atoms with Crippen LogP contribution in [0.5, 0.6) is 0 Å². The third-order valence-electron chi connectivity index (χ3n) is 2.68. The SMILES string of the molecule is N[C@H]1CCN(C2CCOC2)C1. The highest BCUT2D eigenvalue weighted by molar-refractivity contribution is 4.84. The van der Waals surface area contributed by atoms with Crippen molar-refractivity contribution in [1.29, 1.82) is 0 Å². The molecule has 2 heterocycles. The van der Waals surface area contributed by atoms with E-state index < -0.39 is 0 Å². The summed E-state index contributed by atoms with van der Waals surface area (Å²) in [6.07, 6.45) is 2.36. The molecule has 2 saturated heterocycles. The molecule has 2 aliphatic heterocycles. The summed E-state index contributed by atoms with van der Waals surface area (Å²) >= 11 is 0. The molecule has 0 spiro atoms. The van der Waals surface area contributed by atoms with Crippen LogP contribution in [0, 0.1) is 0 Å². The maximum Gasteiger partial charge on any atom is 0.0622 e. The Kier molecular flexibility index (Phi) is 2.11. The van der Waals surface area contributed by atoms with Crippen LogP contribution in [0.25, 0.3) is 0 Å². The van der Waals surface area contributed by atoms with Gasteiger partial charge in [-0.25, -0.2) is 0 Å². The van der Waals surface area contributed by atoms with Crippen LogP contribution in [-0.4, -0.2) is 43.3 Å². The van der Waals surface area contributed by atoms with Crippen LogP contribution in [0.15, 0.2) is 0 Å². The van der Waals surface area contributed by atoms with Gasteiger partial charge in [0.05, 0.1) is 6.61 Å². The molecule has 11 heavy (non-hydrogen) atoms. The van der Waals surface area contributed by atoms with Crippen LogP contribution in [0.1, 0.15) is 12.8 Å². The normalized spacial score (nSPS) is 40.1. The third kappa shape index (κ3) is 1.55. The van der Waals surface area contributed by atoms with Crippen molar-refractivity contribution >= 4 is 0 Å². The van der Waals surface area contributed by atoms with E-state index in [2.05, 4.69) is 4.90 Å². The van der Waals surface area contributed by atoms with Crippen LogP contribution in [0.4, 0.5) is 0 Å². The lowest BCUT2D eigenvalue weighted by Crippen LogP contribution is -2.35. The van der Waals surface area contributed by atoms with E-state index in [4.69, 9.17) is 10.5 Å². The first-order chi connectivity index (χ1) is 5.36. The summed E-state index contributed by atoms with van der Waals surface area (Å²) in [5.41, 5.74) is 5.81. The van der Waals surface area contributed by atoms with Crippen molar-refractivity contribution < 1.29 is 4.74 Å². The number of hydrogen-bond donors (Lipinski definition) is 1. The van der Waals surface area contributed by atoms with Gasteiger partial charge in [-0.2, -0.15) is 0 Å². The molecule has 3 heteroatoms. The van der Waals surface area contributed by atoms with Crippen LogP contribution < -0.4 is 5.73 Å². The van der Waals surface area contributed by atoms with E-state index in [1.165, 1.54) is 13.0 Å². The van der Waals surface area contributed by atoms with Gasteiger partial charge in [-0.3, -0.25) is 4.90 Å². The highest BCUT2D eigenvalue weighted by Crippen LogP contribution is 2.17. The first-order valence-corrected chi connectivity index (χ1v) is 4.43. The number of nitrogens with two attached hydrogens (primary N) is 1. The molecule has 2 atom stereocenters. The maximum atomic E-state index is 5.81. The second kappa shape index (κ2) is 3.09. The molecule has 2 fully saturated rings. The molecule has 1 unspecified atom stereocenters. The smallest absolute Gasteiger partial charge is 0.0622 e. The largest absolute Gasteiger partial charge is 0.380 e. The van der Waals surface area contributed by atoms with Gasteiger partial charge in [0.15, 0.2) is 0 Å². The zero-order chi connectivity index (χ0) is 7.68. The average Bonchev–Trinajstić information content (AvgIpc) is 2.55. The van der Waals surface area contributed by atoms with Gasteiger partial charge in [-0.1, -0.05) is 0 Å². The summed E-state index contributed by atoms with van der Waals surface area (Å²) < 4.78 is 5.32. The van der Waals surface area contributed by atoms with E-state index in [1.807, 2.05) is 0 Å². The number of hydrogen-bond acceptors (Lipinski definition) is 3. The topological polar surface area (TPSA) is 38.5 Å². The summed E-state index contributed by atoms with van der Waals surface area (Å²) in [4.78, 5) is 2.47. The van der Waals surface area contributed by atoms with Crippen molar-refractivity contribution in [3.63, 3.8) is 0 Å². The van der Waals surface area contributed by atoms with Gasteiger partial charge in [0.1, 0.15) is 0 Å². The highest BCUT2D eigenvalue weighted by atomic mass is 16.5. The van der Waals surface area contributed by atoms with Crippen LogP contribution in [-0.2, 0) is 4.74 Å². The fourth-order valence-electron chi connectivity index (χ4n) is 1.96. The lowest BCUT2D eigenvalue weighted by atomic mass is 10.2. The predicted molar refractivity (Wildman–Crippen MR) is 43.4 cm³/mol. The summed E-state index contributed by atoms with van der Waals surface area (Å²) in [6, 6.07) is 1.08. The second-order valence-corrected chi connectivity index (χ2v) is 3.56. The Labute approximate surface area is 67.5 Å². The molecule has 0 bridgehead atoms. The Morgan fingerprint density at radius 1 is 1.36 bits per heavy atom. The Hall–Kier alpha value is -0.120. The molecule has 2 N–H and O–H groups in total. The van der Waals surface area contributed by atoms with Crippen molar-refractivity contribution in [2.45, 2.75) is 24.9 Å². The minimum atomic E-state index is 0.413. The Morgan fingerprint density at radius 2 is 2.27 bits per heavy atom. The van der Waals surface area contributed by atoms with Crippen molar-refractivity contribution in [1.82, 2.24) is 4.90 Å². The summed E-state index contributed by atoms with van der Waals surface area (Å²) in [7, 11) is 0. The molecule has 2 rings (SSSR count). The van der Waals surface area contributed by atoms with Crippen molar-refractivity contribution in [3.05, 3.63) is 0 Å². The van der Waals surface area contributed by atoms with Gasteiger partial charge in [0.25, 0.3) is 0 Å². The summed E-state index contributed by atoms with van der Waals surface area (Å²) in [5.74, 6) is 0. The van der Waals surface area contributed by atoms with Gasteiger partial charge >= 0.3 is 0 Å². The van der Waals surface area contributed by atoms with E-state index in [1.54, 1.807) is 0 Å². The monoisotopic (exact) mass is 156 g/mol.